The Kier molecular flexibility index (Phi) is 9.42. The minimum Gasteiger partial charge on any atom is -0.462 e. The fraction of sp³-hybridized carbons (Fsp3) is 0.333. The molecule has 34 heavy (non-hydrogen) atoms. The van der Waals surface area contributed by atoms with Crippen LogP contribution in [0.15, 0.2) is 42.5 Å². The molecule has 0 saturated carbocycles. The fourth-order valence-corrected chi connectivity index (χ4v) is 2.74. The number of anilines is 1. The van der Waals surface area contributed by atoms with E-state index in [1.165, 1.54) is 24.3 Å². The fourth-order valence-electron chi connectivity index (χ4n) is 2.74. The van der Waals surface area contributed by atoms with Crippen LogP contribution in [0.2, 0.25) is 0 Å². The Balaban J connectivity index is 1.77. The zero-order valence-corrected chi connectivity index (χ0v) is 19.2. The summed E-state index contributed by atoms with van der Waals surface area (Å²) in [5.41, 5.74) is 1.06. The highest BCUT2D eigenvalue weighted by Gasteiger charge is 2.17. The van der Waals surface area contributed by atoms with E-state index in [4.69, 9.17) is 9.47 Å². The van der Waals surface area contributed by atoms with Crippen molar-refractivity contribution in [3.05, 3.63) is 69.3 Å². The van der Waals surface area contributed by atoms with E-state index in [2.05, 4.69) is 5.32 Å². The number of rotatable bonds is 11. The van der Waals surface area contributed by atoms with Gasteiger partial charge in [-0.25, -0.2) is 4.79 Å². The van der Waals surface area contributed by atoms with Gasteiger partial charge in [-0.2, -0.15) is 0 Å². The first-order chi connectivity index (χ1) is 16.1. The van der Waals surface area contributed by atoms with E-state index in [0.29, 0.717) is 23.4 Å². The number of carbonyl (C=O) groups is 4. The molecule has 10 heteroatoms. The summed E-state index contributed by atoms with van der Waals surface area (Å²) < 4.78 is 10.0. The SMILES string of the molecule is Cc1ccc(C(=O)COC(=O)CCC(=O)Nc2ccc(C(=O)OCC(C)C)cc2)cc1[N+](=O)[O-]. The van der Waals surface area contributed by atoms with Crippen molar-refractivity contribution in [2.24, 2.45) is 5.92 Å². The second-order valence-electron chi connectivity index (χ2n) is 7.96. The minimum atomic E-state index is -0.756. The molecular weight excluding hydrogens is 444 g/mol. The number of carbonyl (C=O) groups excluding carboxylic acids is 4. The van der Waals surface area contributed by atoms with Crippen LogP contribution >= 0.6 is 0 Å². The van der Waals surface area contributed by atoms with Crippen molar-refractivity contribution >= 4 is 35.0 Å². The van der Waals surface area contributed by atoms with Crippen LogP contribution in [-0.4, -0.2) is 41.8 Å². The Morgan fingerprint density at radius 1 is 0.971 bits per heavy atom. The predicted octanol–water partition coefficient (Wildman–Crippen LogP) is 3.86. The number of nitro groups is 1. The van der Waals surface area contributed by atoms with Crippen molar-refractivity contribution in [2.45, 2.75) is 33.6 Å². The van der Waals surface area contributed by atoms with Gasteiger partial charge in [0.05, 0.1) is 23.5 Å². The van der Waals surface area contributed by atoms with E-state index < -0.39 is 35.2 Å². The Bertz CT molecular complexity index is 1080. The lowest BCUT2D eigenvalue weighted by atomic mass is 10.1. The van der Waals surface area contributed by atoms with Gasteiger partial charge in [-0.15, -0.1) is 0 Å². The Labute approximate surface area is 196 Å². The van der Waals surface area contributed by atoms with Crippen LogP contribution in [0.25, 0.3) is 0 Å². The molecule has 0 aliphatic carbocycles. The number of aryl methyl sites for hydroxylation is 1. The van der Waals surface area contributed by atoms with Gasteiger partial charge in [0.25, 0.3) is 5.69 Å². The number of nitrogens with one attached hydrogen (secondary N) is 1. The Morgan fingerprint density at radius 2 is 1.62 bits per heavy atom. The molecular formula is C24H26N2O8. The minimum absolute atomic E-state index is 0.0550. The second kappa shape index (κ2) is 12.2. The number of ketones is 1. The molecule has 0 atom stereocenters. The topological polar surface area (TPSA) is 142 Å². The van der Waals surface area contributed by atoms with Gasteiger partial charge in [0, 0.05) is 29.3 Å². The molecule has 10 nitrogen and oxygen atoms in total. The van der Waals surface area contributed by atoms with Crippen LogP contribution < -0.4 is 5.32 Å². The lowest BCUT2D eigenvalue weighted by molar-refractivity contribution is -0.385. The Hall–Kier alpha value is -4.08. The van der Waals surface area contributed by atoms with E-state index in [0.717, 1.165) is 6.07 Å². The average Bonchev–Trinajstić information content (AvgIpc) is 2.80. The van der Waals surface area contributed by atoms with E-state index >= 15 is 0 Å². The quantitative estimate of drug-likeness (QED) is 0.226. The van der Waals surface area contributed by atoms with Gasteiger partial charge in [-0.05, 0) is 37.1 Å². The predicted molar refractivity (Wildman–Crippen MR) is 123 cm³/mol. The molecule has 2 aromatic rings. The number of hydrogen-bond donors (Lipinski definition) is 1. The van der Waals surface area contributed by atoms with E-state index in [1.807, 2.05) is 13.8 Å². The normalized spacial score (nSPS) is 10.5. The van der Waals surface area contributed by atoms with Crippen molar-refractivity contribution in [1.29, 1.82) is 0 Å². The van der Waals surface area contributed by atoms with Gasteiger partial charge in [-0.1, -0.05) is 26.0 Å². The number of ether oxygens (including phenoxy) is 2. The molecule has 180 valence electrons. The maximum absolute atomic E-state index is 12.2. The molecule has 0 aliphatic heterocycles. The van der Waals surface area contributed by atoms with Gasteiger partial charge in [0.2, 0.25) is 11.7 Å². The van der Waals surface area contributed by atoms with E-state index in [9.17, 15) is 29.3 Å². The summed E-state index contributed by atoms with van der Waals surface area (Å²) >= 11 is 0. The molecule has 0 radical (unpaired) electrons. The summed E-state index contributed by atoms with van der Waals surface area (Å²) in [7, 11) is 0. The molecule has 2 rings (SSSR count). The zero-order chi connectivity index (χ0) is 25.3. The smallest absolute Gasteiger partial charge is 0.338 e. The molecule has 0 aliphatic rings. The number of nitro benzene ring substituents is 1. The standard InChI is InChI=1S/C24H26N2O8/c1-15(2)13-34-24(30)17-6-8-19(9-7-17)25-22(28)10-11-23(29)33-14-21(27)18-5-4-16(3)20(12-18)26(31)32/h4-9,12,15H,10-11,13-14H2,1-3H3,(H,25,28). The van der Waals surface area contributed by atoms with Crippen LogP contribution in [0.5, 0.6) is 0 Å². The number of amides is 1. The Morgan fingerprint density at radius 3 is 2.24 bits per heavy atom. The number of benzene rings is 2. The number of hydrogen-bond acceptors (Lipinski definition) is 8. The highest BCUT2D eigenvalue weighted by molar-refractivity contribution is 5.99. The van der Waals surface area contributed by atoms with Crippen LogP contribution in [0.4, 0.5) is 11.4 Å². The molecule has 0 aromatic heterocycles. The summed E-state index contributed by atoms with van der Waals surface area (Å²) in [6, 6.07) is 10.1. The first-order valence-corrected chi connectivity index (χ1v) is 10.6. The summed E-state index contributed by atoms with van der Waals surface area (Å²) in [5.74, 6) is -2.03. The van der Waals surface area contributed by atoms with Gasteiger partial charge >= 0.3 is 11.9 Å². The summed E-state index contributed by atoms with van der Waals surface area (Å²) in [4.78, 5) is 58.4. The second-order valence-corrected chi connectivity index (χ2v) is 7.96. The van der Waals surface area contributed by atoms with Gasteiger partial charge in [0.15, 0.2) is 6.61 Å². The number of Topliss-reactive ketones (excluding diaryl/α,β-unsaturated/α-hetero) is 1. The lowest BCUT2D eigenvalue weighted by Gasteiger charge is -2.09. The van der Waals surface area contributed by atoms with Gasteiger partial charge < -0.3 is 14.8 Å². The van der Waals surface area contributed by atoms with Crippen molar-refractivity contribution in [3.8, 4) is 0 Å². The van der Waals surface area contributed by atoms with Crippen molar-refractivity contribution in [2.75, 3.05) is 18.5 Å². The molecule has 0 saturated heterocycles. The third-order valence-electron chi connectivity index (χ3n) is 4.60. The third-order valence-corrected chi connectivity index (χ3v) is 4.60. The molecule has 0 heterocycles. The summed E-state index contributed by atoms with van der Waals surface area (Å²) in [6.45, 7) is 5.13. The van der Waals surface area contributed by atoms with Crippen LogP contribution in [0.3, 0.4) is 0 Å². The van der Waals surface area contributed by atoms with E-state index in [-0.39, 0.29) is 30.0 Å². The van der Waals surface area contributed by atoms with Crippen molar-refractivity contribution in [3.63, 3.8) is 0 Å². The highest BCUT2D eigenvalue weighted by Crippen LogP contribution is 2.19. The van der Waals surface area contributed by atoms with E-state index in [1.54, 1.807) is 19.1 Å². The molecule has 0 unspecified atom stereocenters. The molecule has 0 fully saturated rings. The molecule has 1 N–H and O–H groups in total. The maximum Gasteiger partial charge on any atom is 0.338 e. The first-order valence-electron chi connectivity index (χ1n) is 10.6. The van der Waals surface area contributed by atoms with Crippen LogP contribution in [0.1, 0.15) is 53.0 Å². The van der Waals surface area contributed by atoms with Crippen LogP contribution in [0, 0.1) is 23.0 Å². The summed E-state index contributed by atoms with van der Waals surface area (Å²) in [5, 5.41) is 13.6. The number of esters is 2. The maximum atomic E-state index is 12.2. The molecule has 0 bridgehead atoms. The molecule has 0 spiro atoms. The number of nitrogens with zero attached hydrogens (tertiary/aromatic N) is 1. The first kappa shape index (κ1) is 26.2. The zero-order valence-electron chi connectivity index (χ0n) is 19.2. The highest BCUT2D eigenvalue weighted by atomic mass is 16.6. The molecule has 2 aromatic carbocycles. The van der Waals surface area contributed by atoms with Crippen molar-refractivity contribution in [1.82, 2.24) is 0 Å². The largest absolute Gasteiger partial charge is 0.462 e. The third kappa shape index (κ3) is 8.12. The van der Waals surface area contributed by atoms with Gasteiger partial charge in [0.1, 0.15) is 0 Å². The molecule has 1 amide bonds. The van der Waals surface area contributed by atoms with Gasteiger partial charge in [-0.3, -0.25) is 24.5 Å². The summed E-state index contributed by atoms with van der Waals surface area (Å²) in [6.07, 6.45) is -0.437. The average molecular weight is 470 g/mol. The monoisotopic (exact) mass is 470 g/mol. The van der Waals surface area contributed by atoms with Crippen molar-refractivity contribution < 1.29 is 33.6 Å². The van der Waals surface area contributed by atoms with Crippen LogP contribution in [-0.2, 0) is 19.1 Å². The lowest BCUT2D eigenvalue weighted by Crippen LogP contribution is -2.17.